The van der Waals surface area contributed by atoms with Crippen LogP contribution in [0.4, 0.5) is 0 Å². The van der Waals surface area contributed by atoms with Crippen molar-refractivity contribution < 1.29 is 9.47 Å². The summed E-state index contributed by atoms with van der Waals surface area (Å²) in [5.41, 5.74) is 0.936. The number of methoxy groups -OCH3 is 1. The van der Waals surface area contributed by atoms with Crippen LogP contribution < -0.4 is 15.4 Å². The largest absolute Gasteiger partial charge is 0.497 e. The Labute approximate surface area is 195 Å². The van der Waals surface area contributed by atoms with E-state index in [0.717, 1.165) is 75.5 Å². The summed E-state index contributed by atoms with van der Waals surface area (Å²) in [6.45, 7) is 8.97. The van der Waals surface area contributed by atoms with E-state index in [4.69, 9.17) is 9.47 Å². The predicted molar refractivity (Wildman–Crippen MR) is 128 cm³/mol. The fraction of sp³-hybridized carbons (Fsp3) is 0.550. The molecular weight excluding hydrogens is 497 g/mol. The van der Waals surface area contributed by atoms with Crippen LogP contribution in [-0.2, 0) is 11.3 Å². The van der Waals surface area contributed by atoms with Gasteiger partial charge in [0, 0.05) is 31.7 Å². The molecule has 1 saturated heterocycles. The van der Waals surface area contributed by atoms with Crippen LogP contribution in [0.3, 0.4) is 0 Å². The molecular formula is C20H32IN7O2. The zero-order valence-electron chi connectivity index (χ0n) is 17.7. The van der Waals surface area contributed by atoms with Gasteiger partial charge in [-0.2, -0.15) is 5.10 Å². The highest BCUT2D eigenvalue weighted by molar-refractivity contribution is 14.0. The Morgan fingerprint density at radius 3 is 2.70 bits per heavy atom. The van der Waals surface area contributed by atoms with E-state index >= 15 is 0 Å². The minimum atomic E-state index is 0. The average molecular weight is 529 g/mol. The summed E-state index contributed by atoms with van der Waals surface area (Å²) >= 11 is 0. The Kier molecular flexibility index (Phi) is 10.9. The van der Waals surface area contributed by atoms with E-state index in [1.807, 2.05) is 24.3 Å². The lowest BCUT2D eigenvalue weighted by Gasteiger charge is -2.26. The van der Waals surface area contributed by atoms with Crippen molar-refractivity contribution in [2.24, 2.45) is 4.99 Å². The van der Waals surface area contributed by atoms with Gasteiger partial charge in [0.25, 0.3) is 0 Å². The number of hydrogen-bond acceptors (Lipinski definition) is 6. The van der Waals surface area contributed by atoms with E-state index in [1.165, 1.54) is 0 Å². The number of hydrogen-bond donors (Lipinski definition) is 3. The molecule has 166 valence electrons. The third-order valence-corrected chi connectivity index (χ3v) is 4.66. The van der Waals surface area contributed by atoms with Gasteiger partial charge in [0.05, 0.1) is 20.3 Å². The quantitative estimate of drug-likeness (QED) is 0.198. The van der Waals surface area contributed by atoms with Gasteiger partial charge in [-0.25, -0.2) is 9.98 Å². The second-order valence-corrected chi connectivity index (χ2v) is 6.76. The Bertz CT molecular complexity index is 761. The van der Waals surface area contributed by atoms with Crippen LogP contribution in [-0.4, -0.2) is 79.1 Å². The number of morpholine rings is 1. The maximum absolute atomic E-state index is 5.38. The van der Waals surface area contributed by atoms with Gasteiger partial charge in [0.15, 0.2) is 11.8 Å². The number of halogens is 1. The number of rotatable bonds is 9. The molecule has 3 N–H and O–H groups in total. The first kappa shape index (κ1) is 24.4. The van der Waals surface area contributed by atoms with Gasteiger partial charge in [-0.05, 0) is 44.2 Å². The standard InChI is InChI=1S/C20H31N7O2.HI/c1-3-21-20(22-9-4-10-27-11-13-29-14-12-27)23-15-18-24-19(26-25-18)16-5-7-17(28-2)8-6-16;/h5-8H,3-4,9-15H2,1-2H3,(H2,21,22,23)(H,24,25,26);1H. The first-order chi connectivity index (χ1) is 14.3. The first-order valence-corrected chi connectivity index (χ1v) is 10.2. The molecule has 2 aromatic rings. The van der Waals surface area contributed by atoms with Crippen molar-refractivity contribution in [1.29, 1.82) is 0 Å². The van der Waals surface area contributed by atoms with E-state index in [-0.39, 0.29) is 24.0 Å². The van der Waals surface area contributed by atoms with Crippen molar-refractivity contribution in [3.05, 3.63) is 30.1 Å². The van der Waals surface area contributed by atoms with E-state index < -0.39 is 0 Å². The molecule has 0 saturated carbocycles. The number of aromatic nitrogens is 3. The molecule has 10 heteroatoms. The number of aromatic amines is 1. The van der Waals surface area contributed by atoms with Crippen molar-refractivity contribution >= 4 is 29.9 Å². The molecule has 1 aromatic heterocycles. The van der Waals surface area contributed by atoms with Crippen molar-refractivity contribution in [2.45, 2.75) is 19.9 Å². The van der Waals surface area contributed by atoms with Crippen LogP contribution in [0.15, 0.2) is 29.3 Å². The third kappa shape index (κ3) is 7.73. The van der Waals surface area contributed by atoms with Crippen LogP contribution in [0.2, 0.25) is 0 Å². The number of benzene rings is 1. The third-order valence-electron chi connectivity index (χ3n) is 4.66. The van der Waals surface area contributed by atoms with Crippen molar-refractivity contribution in [3.8, 4) is 17.1 Å². The molecule has 2 heterocycles. The summed E-state index contributed by atoms with van der Waals surface area (Å²) in [5.74, 6) is 2.98. The number of H-pyrrole nitrogens is 1. The molecule has 0 bridgehead atoms. The predicted octanol–water partition coefficient (Wildman–Crippen LogP) is 1.88. The van der Waals surface area contributed by atoms with Crippen molar-refractivity contribution in [3.63, 3.8) is 0 Å². The topological polar surface area (TPSA) is 99.7 Å². The molecule has 0 unspecified atom stereocenters. The molecule has 0 radical (unpaired) electrons. The molecule has 9 nitrogen and oxygen atoms in total. The highest BCUT2D eigenvalue weighted by Crippen LogP contribution is 2.18. The zero-order valence-corrected chi connectivity index (χ0v) is 20.0. The lowest BCUT2D eigenvalue weighted by Crippen LogP contribution is -2.40. The summed E-state index contributed by atoms with van der Waals surface area (Å²) in [7, 11) is 1.65. The summed E-state index contributed by atoms with van der Waals surface area (Å²) in [4.78, 5) is 11.6. The van der Waals surface area contributed by atoms with E-state index in [0.29, 0.717) is 12.4 Å². The molecule has 0 aliphatic carbocycles. The van der Waals surface area contributed by atoms with Crippen LogP contribution in [0.25, 0.3) is 11.4 Å². The fourth-order valence-corrected chi connectivity index (χ4v) is 3.07. The SMILES string of the molecule is CCNC(=NCc1nc(-c2ccc(OC)cc2)n[nH]1)NCCCN1CCOCC1.I. The number of ether oxygens (including phenoxy) is 2. The zero-order chi connectivity index (χ0) is 20.3. The molecule has 0 spiro atoms. The fourth-order valence-electron chi connectivity index (χ4n) is 3.07. The smallest absolute Gasteiger partial charge is 0.191 e. The maximum Gasteiger partial charge on any atom is 0.191 e. The number of aliphatic imine (C=N–C) groups is 1. The molecule has 1 fully saturated rings. The van der Waals surface area contributed by atoms with Gasteiger partial charge in [0.1, 0.15) is 18.1 Å². The van der Waals surface area contributed by atoms with E-state index in [9.17, 15) is 0 Å². The van der Waals surface area contributed by atoms with E-state index in [1.54, 1.807) is 7.11 Å². The molecule has 3 rings (SSSR count). The Morgan fingerprint density at radius 1 is 1.23 bits per heavy atom. The number of guanidine groups is 1. The lowest BCUT2D eigenvalue weighted by atomic mass is 10.2. The van der Waals surface area contributed by atoms with Gasteiger partial charge < -0.3 is 20.1 Å². The minimum Gasteiger partial charge on any atom is -0.497 e. The molecule has 0 atom stereocenters. The monoisotopic (exact) mass is 529 g/mol. The summed E-state index contributed by atoms with van der Waals surface area (Å²) in [6, 6.07) is 7.67. The summed E-state index contributed by atoms with van der Waals surface area (Å²) < 4.78 is 10.6. The molecule has 1 aromatic carbocycles. The first-order valence-electron chi connectivity index (χ1n) is 10.2. The second-order valence-electron chi connectivity index (χ2n) is 6.76. The Morgan fingerprint density at radius 2 is 2.00 bits per heavy atom. The summed E-state index contributed by atoms with van der Waals surface area (Å²) in [5, 5.41) is 13.9. The Hall–Kier alpha value is -1.92. The Balaban J connectivity index is 0.00000320. The maximum atomic E-state index is 5.38. The molecule has 1 aliphatic rings. The van der Waals surface area contributed by atoms with Gasteiger partial charge in [-0.15, -0.1) is 24.0 Å². The lowest BCUT2D eigenvalue weighted by molar-refractivity contribution is 0.0376. The summed E-state index contributed by atoms with van der Waals surface area (Å²) in [6.07, 6.45) is 1.06. The second kappa shape index (κ2) is 13.4. The van der Waals surface area contributed by atoms with Gasteiger partial charge in [0.2, 0.25) is 0 Å². The van der Waals surface area contributed by atoms with Gasteiger partial charge in [-0.1, -0.05) is 0 Å². The average Bonchev–Trinajstić information content (AvgIpc) is 3.25. The minimum absolute atomic E-state index is 0. The van der Waals surface area contributed by atoms with E-state index in [2.05, 4.69) is 42.6 Å². The van der Waals surface area contributed by atoms with Crippen molar-refractivity contribution in [1.82, 2.24) is 30.7 Å². The highest BCUT2D eigenvalue weighted by Gasteiger charge is 2.10. The van der Waals surface area contributed by atoms with Crippen molar-refractivity contribution in [2.75, 3.05) is 53.0 Å². The van der Waals surface area contributed by atoms with Crippen LogP contribution >= 0.6 is 24.0 Å². The molecule has 1 aliphatic heterocycles. The van der Waals surface area contributed by atoms with Gasteiger partial charge >= 0.3 is 0 Å². The van der Waals surface area contributed by atoms with Gasteiger partial charge in [-0.3, -0.25) is 10.00 Å². The van der Waals surface area contributed by atoms with Crippen LogP contribution in [0, 0.1) is 0 Å². The normalized spacial score (nSPS) is 14.8. The van der Waals surface area contributed by atoms with Crippen LogP contribution in [0.5, 0.6) is 5.75 Å². The van der Waals surface area contributed by atoms with Crippen LogP contribution in [0.1, 0.15) is 19.2 Å². The number of nitrogens with one attached hydrogen (secondary N) is 3. The molecule has 0 amide bonds. The number of nitrogens with zero attached hydrogens (tertiary/aromatic N) is 4. The highest BCUT2D eigenvalue weighted by atomic mass is 127. The molecule has 30 heavy (non-hydrogen) atoms.